The Morgan fingerprint density at radius 1 is 1.50 bits per heavy atom. The van der Waals surface area contributed by atoms with Crippen molar-refractivity contribution in [3.05, 3.63) is 23.6 Å². The molecule has 0 fully saturated rings. The van der Waals surface area contributed by atoms with Gasteiger partial charge in [0, 0.05) is 5.92 Å². The molecule has 56 valence electrons. The Morgan fingerprint density at radius 2 is 2.10 bits per heavy atom. The highest BCUT2D eigenvalue weighted by Gasteiger charge is 2.21. The topological polar surface area (TPSA) is 0 Å². The first-order chi connectivity index (χ1) is 4.61. The molecule has 0 spiro atoms. The van der Waals surface area contributed by atoms with Crippen molar-refractivity contribution in [2.75, 3.05) is 0 Å². The zero-order chi connectivity index (χ0) is 7.72. The summed E-state index contributed by atoms with van der Waals surface area (Å²) in [7, 11) is 0. The summed E-state index contributed by atoms with van der Waals surface area (Å²) in [6.07, 6.45) is 1.67. The standard InChI is InChI=1S/C8H10F2/c1-5-3-7(9)6(2)8(10)4-5/h3-4,6-7H,1-2H3/t6-,7?/m1/s1. The zero-order valence-corrected chi connectivity index (χ0v) is 6.07. The molecule has 0 radical (unpaired) electrons. The number of rotatable bonds is 0. The van der Waals surface area contributed by atoms with Crippen molar-refractivity contribution < 1.29 is 8.78 Å². The first-order valence-electron chi connectivity index (χ1n) is 3.31. The van der Waals surface area contributed by atoms with Gasteiger partial charge in [0.1, 0.15) is 12.0 Å². The van der Waals surface area contributed by atoms with Crippen molar-refractivity contribution in [3.63, 3.8) is 0 Å². The lowest BCUT2D eigenvalue weighted by atomic mass is 9.96. The van der Waals surface area contributed by atoms with Crippen LogP contribution in [0.3, 0.4) is 0 Å². The van der Waals surface area contributed by atoms with Crippen LogP contribution in [0.4, 0.5) is 8.78 Å². The summed E-state index contributed by atoms with van der Waals surface area (Å²) < 4.78 is 25.4. The molecule has 0 N–H and O–H groups in total. The van der Waals surface area contributed by atoms with Gasteiger partial charge in [0.25, 0.3) is 0 Å². The van der Waals surface area contributed by atoms with Crippen molar-refractivity contribution in [1.29, 1.82) is 0 Å². The van der Waals surface area contributed by atoms with E-state index < -0.39 is 12.1 Å². The molecule has 1 unspecified atom stereocenters. The molecule has 1 rings (SSSR count). The molecule has 0 aromatic rings. The summed E-state index contributed by atoms with van der Waals surface area (Å²) in [5.74, 6) is -0.948. The fraction of sp³-hybridized carbons (Fsp3) is 0.500. The molecular weight excluding hydrogens is 134 g/mol. The molecule has 0 heterocycles. The monoisotopic (exact) mass is 144 g/mol. The van der Waals surface area contributed by atoms with Crippen LogP contribution < -0.4 is 0 Å². The SMILES string of the molecule is CC1=CC(F)[C@@H](C)C(F)=C1. The molecule has 2 atom stereocenters. The van der Waals surface area contributed by atoms with Crippen LogP contribution >= 0.6 is 0 Å². The molecule has 10 heavy (non-hydrogen) atoms. The van der Waals surface area contributed by atoms with Gasteiger partial charge in [-0.25, -0.2) is 8.78 Å². The average molecular weight is 144 g/mol. The van der Waals surface area contributed by atoms with Crippen molar-refractivity contribution in [2.24, 2.45) is 5.92 Å². The van der Waals surface area contributed by atoms with Crippen molar-refractivity contribution in [1.82, 2.24) is 0 Å². The van der Waals surface area contributed by atoms with E-state index in [1.807, 2.05) is 0 Å². The number of halogens is 2. The highest BCUT2D eigenvalue weighted by molar-refractivity contribution is 5.27. The molecule has 2 heteroatoms. The molecule has 0 saturated carbocycles. The first kappa shape index (κ1) is 7.45. The highest BCUT2D eigenvalue weighted by Crippen LogP contribution is 2.26. The third-order valence-electron chi connectivity index (χ3n) is 1.70. The summed E-state index contributed by atoms with van der Waals surface area (Å²) in [5, 5.41) is 0. The number of hydrogen-bond donors (Lipinski definition) is 0. The van der Waals surface area contributed by atoms with Gasteiger partial charge >= 0.3 is 0 Å². The summed E-state index contributed by atoms with van der Waals surface area (Å²) in [4.78, 5) is 0. The van der Waals surface area contributed by atoms with Crippen LogP contribution in [-0.2, 0) is 0 Å². The van der Waals surface area contributed by atoms with Crippen LogP contribution in [0.1, 0.15) is 13.8 Å². The highest BCUT2D eigenvalue weighted by atomic mass is 19.1. The quantitative estimate of drug-likeness (QED) is 0.490. The van der Waals surface area contributed by atoms with Gasteiger partial charge in [-0.1, -0.05) is 6.92 Å². The van der Waals surface area contributed by atoms with E-state index in [4.69, 9.17) is 0 Å². The van der Waals surface area contributed by atoms with Crippen molar-refractivity contribution in [3.8, 4) is 0 Å². The second kappa shape index (κ2) is 2.52. The molecule has 1 aliphatic carbocycles. The third kappa shape index (κ3) is 1.25. The van der Waals surface area contributed by atoms with E-state index in [0.717, 1.165) is 0 Å². The normalized spacial score (nSPS) is 33.2. The van der Waals surface area contributed by atoms with Crippen LogP contribution in [0.25, 0.3) is 0 Å². The number of alkyl halides is 1. The predicted molar refractivity (Wildman–Crippen MR) is 37.0 cm³/mol. The third-order valence-corrected chi connectivity index (χ3v) is 1.70. The van der Waals surface area contributed by atoms with E-state index in [2.05, 4.69) is 0 Å². The second-order valence-electron chi connectivity index (χ2n) is 2.67. The number of allylic oxidation sites excluding steroid dienone is 4. The molecule has 0 saturated heterocycles. The van der Waals surface area contributed by atoms with Crippen LogP contribution in [-0.4, -0.2) is 6.17 Å². The minimum Gasteiger partial charge on any atom is -0.242 e. The maximum absolute atomic E-state index is 12.7. The Morgan fingerprint density at radius 3 is 2.60 bits per heavy atom. The lowest BCUT2D eigenvalue weighted by Crippen LogP contribution is -2.14. The molecule has 0 aliphatic heterocycles. The number of hydrogen-bond acceptors (Lipinski definition) is 0. The summed E-state index contributed by atoms with van der Waals surface area (Å²) in [6.45, 7) is 3.23. The minimum absolute atomic E-state index is 0.354. The lowest BCUT2D eigenvalue weighted by Gasteiger charge is -2.16. The smallest absolute Gasteiger partial charge is 0.128 e. The van der Waals surface area contributed by atoms with Crippen molar-refractivity contribution in [2.45, 2.75) is 20.0 Å². The summed E-state index contributed by atoms with van der Waals surface area (Å²) in [6, 6.07) is 0. The maximum Gasteiger partial charge on any atom is 0.128 e. The zero-order valence-electron chi connectivity index (χ0n) is 6.07. The van der Waals surface area contributed by atoms with Crippen LogP contribution in [0, 0.1) is 5.92 Å². The molecular formula is C8H10F2. The average Bonchev–Trinajstić information content (AvgIpc) is 1.82. The molecule has 0 bridgehead atoms. The van der Waals surface area contributed by atoms with Crippen LogP contribution in [0.5, 0.6) is 0 Å². The van der Waals surface area contributed by atoms with Gasteiger partial charge in [-0.2, -0.15) is 0 Å². The van der Waals surface area contributed by atoms with Gasteiger partial charge in [-0.15, -0.1) is 0 Å². The Kier molecular flexibility index (Phi) is 1.88. The van der Waals surface area contributed by atoms with E-state index in [1.54, 1.807) is 13.8 Å². The Balaban J connectivity index is 2.85. The van der Waals surface area contributed by atoms with E-state index in [1.165, 1.54) is 12.2 Å². The van der Waals surface area contributed by atoms with Crippen LogP contribution in [0.2, 0.25) is 0 Å². The molecule has 0 amide bonds. The van der Waals surface area contributed by atoms with Gasteiger partial charge in [0.15, 0.2) is 0 Å². The van der Waals surface area contributed by atoms with Gasteiger partial charge in [0.05, 0.1) is 0 Å². The Labute approximate surface area is 59.2 Å². The maximum atomic E-state index is 12.7. The molecule has 1 aliphatic rings. The first-order valence-corrected chi connectivity index (χ1v) is 3.31. The fourth-order valence-electron chi connectivity index (χ4n) is 0.945. The molecule has 0 nitrogen and oxygen atoms in total. The van der Waals surface area contributed by atoms with E-state index in [9.17, 15) is 8.78 Å². The Bertz CT molecular complexity index is 191. The molecule has 0 aromatic carbocycles. The van der Waals surface area contributed by atoms with Gasteiger partial charge in [-0.3, -0.25) is 0 Å². The fourth-order valence-corrected chi connectivity index (χ4v) is 0.945. The molecule has 0 aromatic heterocycles. The Hall–Kier alpha value is -0.660. The van der Waals surface area contributed by atoms with Crippen LogP contribution in [0.15, 0.2) is 23.6 Å². The van der Waals surface area contributed by atoms with E-state index >= 15 is 0 Å². The van der Waals surface area contributed by atoms with Gasteiger partial charge in [0.2, 0.25) is 0 Å². The van der Waals surface area contributed by atoms with Gasteiger partial charge < -0.3 is 0 Å². The predicted octanol–water partition coefficient (Wildman–Crippen LogP) is 2.77. The summed E-state index contributed by atoms with van der Waals surface area (Å²) in [5.41, 5.74) is 0.670. The van der Waals surface area contributed by atoms with E-state index in [0.29, 0.717) is 5.57 Å². The van der Waals surface area contributed by atoms with Gasteiger partial charge in [-0.05, 0) is 24.6 Å². The van der Waals surface area contributed by atoms with E-state index in [-0.39, 0.29) is 5.83 Å². The largest absolute Gasteiger partial charge is 0.242 e. The van der Waals surface area contributed by atoms with Crippen molar-refractivity contribution >= 4 is 0 Å². The second-order valence-corrected chi connectivity index (χ2v) is 2.67. The lowest BCUT2D eigenvalue weighted by molar-refractivity contribution is 0.289. The minimum atomic E-state index is -1.15. The summed E-state index contributed by atoms with van der Waals surface area (Å²) >= 11 is 0.